The van der Waals surface area contributed by atoms with E-state index in [9.17, 15) is 4.21 Å². The van der Waals surface area contributed by atoms with Gasteiger partial charge in [-0.1, -0.05) is 6.42 Å². The summed E-state index contributed by atoms with van der Waals surface area (Å²) in [6, 6.07) is 3.75. The molecule has 0 aliphatic carbocycles. The van der Waals surface area contributed by atoms with Crippen LogP contribution in [0.25, 0.3) is 10.9 Å². The molecule has 0 aliphatic rings. The average Bonchev–Trinajstić information content (AvgIpc) is 2.56. The first kappa shape index (κ1) is 17.6. The zero-order valence-corrected chi connectivity index (χ0v) is 14.1. The van der Waals surface area contributed by atoms with Gasteiger partial charge >= 0.3 is 0 Å². The van der Waals surface area contributed by atoms with Gasteiger partial charge in [0.05, 0.1) is 25.4 Å². The molecule has 1 aromatic carbocycles. The number of unbranched alkanes of at least 4 members (excludes halogenated alkanes) is 2. The van der Waals surface area contributed by atoms with Crippen molar-refractivity contribution < 1.29 is 18.2 Å². The molecule has 1 atom stereocenters. The van der Waals surface area contributed by atoms with E-state index in [0.717, 1.165) is 42.3 Å². The molecule has 7 nitrogen and oxygen atoms in total. The number of ether oxygens (including phenoxy) is 2. The monoisotopic (exact) mass is 339 g/mol. The molecule has 1 heterocycles. The fraction of sp³-hybridized carbons (Fsp3) is 0.467. The predicted octanol–water partition coefficient (Wildman–Crippen LogP) is 2.09. The summed E-state index contributed by atoms with van der Waals surface area (Å²) in [6.45, 7) is 0.526. The molecule has 2 N–H and O–H groups in total. The number of benzene rings is 1. The first-order valence-electron chi connectivity index (χ1n) is 7.35. The van der Waals surface area contributed by atoms with Crippen LogP contribution in [-0.2, 0) is 17.7 Å². The summed E-state index contributed by atoms with van der Waals surface area (Å²) in [4.78, 5) is 8.66. The van der Waals surface area contributed by atoms with Gasteiger partial charge in [-0.25, -0.2) is 18.9 Å². The Balaban J connectivity index is 2.04. The molecule has 0 amide bonds. The molecule has 2 rings (SSSR count). The number of fused-ring (bicyclic) bond motifs is 1. The van der Waals surface area contributed by atoms with Crippen molar-refractivity contribution in [1.29, 1.82) is 0 Å². The van der Waals surface area contributed by atoms with E-state index in [4.69, 9.17) is 14.0 Å². The van der Waals surface area contributed by atoms with E-state index in [0.29, 0.717) is 18.0 Å². The minimum absolute atomic E-state index is 0.526. The minimum Gasteiger partial charge on any atom is -0.493 e. The maximum atomic E-state index is 10.5. The molecular weight excluding hydrogens is 318 g/mol. The van der Waals surface area contributed by atoms with Gasteiger partial charge in [-0.05, 0) is 25.3 Å². The number of nitrogens with zero attached hydrogens (tertiary/aromatic N) is 2. The Morgan fingerprint density at radius 2 is 1.87 bits per heavy atom. The van der Waals surface area contributed by atoms with Crippen LogP contribution in [-0.4, -0.2) is 39.5 Å². The van der Waals surface area contributed by atoms with Gasteiger partial charge in [0.2, 0.25) is 11.3 Å². The quantitative estimate of drug-likeness (QED) is 0.537. The molecule has 126 valence electrons. The van der Waals surface area contributed by atoms with Crippen LogP contribution in [0.1, 0.15) is 25.0 Å². The lowest BCUT2D eigenvalue weighted by Gasteiger charge is -2.11. The normalized spacial score (nSPS) is 12.3. The minimum atomic E-state index is -1.93. The first-order chi connectivity index (χ1) is 11.2. The van der Waals surface area contributed by atoms with Crippen molar-refractivity contribution in [2.75, 3.05) is 20.8 Å². The number of methoxy groups -OCH3 is 2. The van der Waals surface area contributed by atoms with Crippen LogP contribution in [0.2, 0.25) is 0 Å². The van der Waals surface area contributed by atoms with Crippen LogP contribution in [0.4, 0.5) is 0 Å². The first-order valence-corrected chi connectivity index (χ1v) is 8.46. The lowest BCUT2D eigenvalue weighted by Crippen LogP contribution is -2.17. The lowest BCUT2D eigenvalue weighted by molar-refractivity contribution is 0.355. The summed E-state index contributed by atoms with van der Waals surface area (Å²) < 4.78 is 32.2. The summed E-state index contributed by atoms with van der Waals surface area (Å²) in [5.74, 6) is 1.30. The highest BCUT2D eigenvalue weighted by Gasteiger charge is 2.10. The zero-order chi connectivity index (χ0) is 16.7. The van der Waals surface area contributed by atoms with Gasteiger partial charge in [0.25, 0.3) is 0 Å². The molecule has 2 aromatic rings. The highest BCUT2D eigenvalue weighted by molar-refractivity contribution is 7.77. The lowest BCUT2D eigenvalue weighted by atomic mass is 10.1. The van der Waals surface area contributed by atoms with Crippen molar-refractivity contribution in [3.63, 3.8) is 0 Å². The van der Waals surface area contributed by atoms with E-state index in [-0.39, 0.29) is 0 Å². The summed E-state index contributed by atoms with van der Waals surface area (Å²) >= 11 is -1.93. The Labute approximate surface area is 137 Å². The molecular formula is C15H21N3O4S. The molecule has 0 spiro atoms. The van der Waals surface area contributed by atoms with Gasteiger partial charge in [0, 0.05) is 18.0 Å². The second-order valence-corrected chi connectivity index (χ2v) is 5.79. The molecule has 0 saturated carbocycles. The molecule has 0 bridgehead atoms. The van der Waals surface area contributed by atoms with E-state index in [1.165, 1.54) is 0 Å². The molecule has 23 heavy (non-hydrogen) atoms. The van der Waals surface area contributed by atoms with Crippen LogP contribution < -0.4 is 14.2 Å². The highest BCUT2D eigenvalue weighted by atomic mass is 32.2. The fourth-order valence-electron chi connectivity index (χ4n) is 2.39. The number of rotatable bonds is 9. The maximum absolute atomic E-state index is 10.5. The molecule has 1 unspecified atom stereocenters. The second kappa shape index (κ2) is 8.76. The number of hydrogen-bond acceptors (Lipinski definition) is 5. The largest absolute Gasteiger partial charge is 0.493 e. The van der Waals surface area contributed by atoms with Gasteiger partial charge in [-0.2, -0.15) is 0 Å². The van der Waals surface area contributed by atoms with Gasteiger partial charge in [0.15, 0.2) is 11.5 Å². The molecule has 0 saturated heterocycles. The SMILES string of the molecule is COc1cc2ncnc(CCCCCNS(=O)O)c2cc1OC. The van der Waals surface area contributed by atoms with Gasteiger partial charge in [-0.15, -0.1) is 0 Å². The van der Waals surface area contributed by atoms with Crippen molar-refractivity contribution >= 4 is 22.2 Å². The Morgan fingerprint density at radius 1 is 1.13 bits per heavy atom. The molecule has 8 heteroatoms. The van der Waals surface area contributed by atoms with Gasteiger partial charge in [0.1, 0.15) is 6.33 Å². The number of aromatic nitrogens is 2. The van der Waals surface area contributed by atoms with Gasteiger partial charge in [-0.3, -0.25) is 4.55 Å². The van der Waals surface area contributed by atoms with Crippen LogP contribution in [0, 0.1) is 0 Å². The standard InChI is InChI=1S/C15H21N3O4S/c1-21-14-8-11-12(6-4-3-5-7-18-23(19)20)16-10-17-13(11)9-15(14)22-2/h8-10,18H,3-7H2,1-2H3,(H,19,20). The Bertz CT molecular complexity index is 681. The van der Waals surface area contributed by atoms with Crippen LogP contribution in [0.5, 0.6) is 11.5 Å². The summed E-state index contributed by atoms with van der Waals surface area (Å²) in [5, 5.41) is 0.958. The van der Waals surface area contributed by atoms with Crippen molar-refractivity contribution in [2.24, 2.45) is 0 Å². The predicted molar refractivity (Wildman–Crippen MR) is 89.0 cm³/mol. The maximum Gasteiger partial charge on any atom is 0.231 e. The molecule has 0 aliphatic heterocycles. The third kappa shape index (κ3) is 4.85. The van der Waals surface area contributed by atoms with E-state index >= 15 is 0 Å². The highest BCUT2D eigenvalue weighted by Crippen LogP contribution is 2.32. The Hall–Kier alpha value is -1.77. The molecule has 1 aromatic heterocycles. The van der Waals surface area contributed by atoms with Gasteiger partial charge < -0.3 is 9.47 Å². The van der Waals surface area contributed by atoms with Crippen LogP contribution >= 0.6 is 0 Å². The third-order valence-corrected chi connectivity index (χ3v) is 3.99. The zero-order valence-electron chi connectivity index (χ0n) is 13.2. The number of nitrogens with one attached hydrogen (secondary N) is 1. The Kier molecular flexibility index (Phi) is 6.69. The van der Waals surface area contributed by atoms with Crippen molar-refractivity contribution in [3.8, 4) is 11.5 Å². The molecule has 0 radical (unpaired) electrons. The van der Waals surface area contributed by atoms with E-state index in [2.05, 4.69) is 14.7 Å². The fourth-order valence-corrected chi connectivity index (χ4v) is 2.71. The second-order valence-electron chi connectivity index (χ2n) is 5.00. The average molecular weight is 339 g/mol. The van der Waals surface area contributed by atoms with Crippen LogP contribution in [0.15, 0.2) is 18.5 Å². The molecule has 0 fully saturated rings. The summed E-state index contributed by atoms with van der Waals surface area (Å²) in [6.07, 6.45) is 5.10. The number of aryl methyl sites for hydroxylation is 1. The third-order valence-electron chi connectivity index (χ3n) is 3.54. The topological polar surface area (TPSA) is 93.6 Å². The smallest absolute Gasteiger partial charge is 0.231 e. The number of hydrogen-bond donors (Lipinski definition) is 2. The summed E-state index contributed by atoms with van der Waals surface area (Å²) in [7, 11) is 3.20. The van der Waals surface area contributed by atoms with E-state index in [1.807, 2.05) is 12.1 Å². The van der Waals surface area contributed by atoms with Crippen molar-refractivity contribution in [1.82, 2.24) is 14.7 Å². The summed E-state index contributed by atoms with van der Waals surface area (Å²) in [5.41, 5.74) is 1.79. The Morgan fingerprint density at radius 3 is 2.57 bits per heavy atom. The van der Waals surface area contributed by atoms with Crippen molar-refractivity contribution in [2.45, 2.75) is 25.7 Å². The van der Waals surface area contributed by atoms with E-state index in [1.54, 1.807) is 20.5 Å². The van der Waals surface area contributed by atoms with Crippen LogP contribution in [0.3, 0.4) is 0 Å². The van der Waals surface area contributed by atoms with Crippen molar-refractivity contribution in [3.05, 3.63) is 24.2 Å². The van der Waals surface area contributed by atoms with E-state index < -0.39 is 11.3 Å².